The van der Waals surface area contributed by atoms with Gasteiger partial charge in [-0.05, 0) is 24.1 Å². The lowest BCUT2D eigenvalue weighted by molar-refractivity contribution is 0.0558. The van der Waals surface area contributed by atoms with E-state index in [0.717, 1.165) is 51.4 Å². The fourth-order valence-electron chi connectivity index (χ4n) is 3.59. The number of rotatable bonds is 5. The molecule has 0 aliphatic carbocycles. The normalized spacial score (nSPS) is 24.7. The van der Waals surface area contributed by atoms with Gasteiger partial charge < -0.3 is 9.47 Å². The number of nitrogens with zero attached hydrogens (tertiary/aromatic N) is 4. The maximum Gasteiger partial charge on any atom is 0.0731 e. The predicted molar refractivity (Wildman–Crippen MR) is 89.2 cm³/mol. The van der Waals surface area contributed by atoms with Gasteiger partial charge in [0.1, 0.15) is 0 Å². The predicted octanol–water partition coefficient (Wildman–Crippen LogP) is 1.72. The van der Waals surface area contributed by atoms with Crippen molar-refractivity contribution in [3.63, 3.8) is 0 Å². The van der Waals surface area contributed by atoms with Gasteiger partial charge in [0.05, 0.1) is 25.5 Å². The van der Waals surface area contributed by atoms with Gasteiger partial charge in [0, 0.05) is 56.8 Å². The molecule has 6 nitrogen and oxygen atoms in total. The number of aromatic nitrogens is 3. The molecule has 0 radical (unpaired) electrons. The first-order valence-corrected chi connectivity index (χ1v) is 8.67. The molecule has 0 aromatic carbocycles. The summed E-state index contributed by atoms with van der Waals surface area (Å²) in [7, 11) is 0. The second-order valence-electron chi connectivity index (χ2n) is 6.69. The van der Waals surface area contributed by atoms with E-state index in [4.69, 9.17) is 9.47 Å². The van der Waals surface area contributed by atoms with E-state index in [-0.39, 0.29) is 0 Å². The molecule has 1 saturated heterocycles. The first-order valence-electron chi connectivity index (χ1n) is 8.67. The van der Waals surface area contributed by atoms with Crippen molar-refractivity contribution < 1.29 is 9.47 Å². The Morgan fingerprint density at radius 2 is 2.25 bits per heavy atom. The van der Waals surface area contributed by atoms with E-state index < -0.39 is 0 Å². The van der Waals surface area contributed by atoms with Crippen LogP contribution in [0, 0.1) is 5.92 Å². The fourth-order valence-corrected chi connectivity index (χ4v) is 3.59. The van der Waals surface area contributed by atoms with Gasteiger partial charge in [-0.25, -0.2) is 0 Å². The summed E-state index contributed by atoms with van der Waals surface area (Å²) in [4.78, 5) is 6.68. The molecule has 0 amide bonds. The van der Waals surface area contributed by atoms with Gasteiger partial charge in [-0.1, -0.05) is 6.07 Å². The van der Waals surface area contributed by atoms with Crippen molar-refractivity contribution in [3.05, 3.63) is 48.0 Å². The minimum Gasteiger partial charge on any atom is -0.380 e. The third-order valence-corrected chi connectivity index (χ3v) is 4.86. The van der Waals surface area contributed by atoms with Crippen molar-refractivity contribution in [1.29, 1.82) is 0 Å². The molecule has 2 aromatic rings. The highest BCUT2D eigenvalue weighted by Crippen LogP contribution is 2.22. The van der Waals surface area contributed by atoms with Gasteiger partial charge >= 0.3 is 0 Å². The SMILES string of the molecule is c1cncc(COC[C@H]2CN([C@H]3CCOC3)Cc3ccnn3C2)c1. The zero-order valence-electron chi connectivity index (χ0n) is 13.9. The molecule has 0 spiro atoms. The Morgan fingerprint density at radius 3 is 3.08 bits per heavy atom. The van der Waals surface area contributed by atoms with E-state index in [0.29, 0.717) is 18.6 Å². The summed E-state index contributed by atoms with van der Waals surface area (Å²) in [6, 6.07) is 6.64. The lowest BCUT2D eigenvalue weighted by Gasteiger charge is -2.28. The number of fused-ring (bicyclic) bond motifs is 1. The van der Waals surface area contributed by atoms with E-state index in [2.05, 4.69) is 25.7 Å². The Labute approximate surface area is 142 Å². The summed E-state index contributed by atoms with van der Waals surface area (Å²) in [6.07, 6.45) is 6.67. The minimum atomic E-state index is 0.434. The highest BCUT2D eigenvalue weighted by atomic mass is 16.5. The molecule has 2 aromatic heterocycles. The fraction of sp³-hybridized carbons (Fsp3) is 0.556. The topological polar surface area (TPSA) is 52.4 Å². The van der Waals surface area contributed by atoms with Crippen LogP contribution in [-0.2, 0) is 29.2 Å². The molecule has 4 rings (SSSR count). The molecule has 0 saturated carbocycles. The van der Waals surface area contributed by atoms with E-state index in [9.17, 15) is 0 Å². The third kappa shape index (κ3) is 3.66. The van der Waals surface area contributed by atoms with Crippen LogP contribution in [0.2, 0.25) is 0 Å². The smallest absolute Gasteiger partial charge is 0.0731 e. The first-order chi connectivity index (χ1) is 11.9. The van der Waals surface area contributed by atoms with Crippen LogP contribution in [0.25, 0.3) is 0 Å². The molecule has 24 heavy (non-hydrogen) atoms. The standard InChI is InChI=1S/C18H24N4O2/c1-2-15(8-19-5-1)12-24-13-16-9-21(18-4-7-23-14-18)11-17-3-6-20-22(17)10-16/h1-3,5-6,8,16,18H,4,7,9-14H2/t16-,18-/m0/s1. The zero-order chi connectivity index (χ0) is 16.2. The molecule has 2 aliphatic rings. The van der Waals surface area contributed by atoms with E-state index >= 15 is 0 Å². The largest absolute Gasteiger partial charge is 0.380 e. The molecular weight excluding hydrogens is 304 g/mol. The monoisotopic (exact) mass is 328 g/mol. The van der Waals surface area contributed by atoms with Crippen molar-refractivity contribution in [2.75, 3.05) is 26.4 Å². The summed E-state index contributed by atoms with van der Waals surface area (Å²) >= 11 is 0. The highest BCUT2D eigenvalue weighted by molar-refractivity contribution is 5.07. The lowest BCUT2D eigenvalue weighted by atomic mass is 10.1. The van der Waals surface area contributed by atoms with Crippen LogP contribution in [-0.4, -0.2) is 52.1 Å². The summed E-state index contributed by atoms with van der Waals surface area (Å²) in [5.41, 5.74) is 2.41. The van der Waals surface area contributed by atoms with Gasteiger partial charge in [0.15, 0.2) is 0 Å². The maximum atomic E-state index is 5.98. The second kappa shape index (κ2) is 7.42. The number of ether oxygens (including phenoxy) is 2. The van der Waals surface area contributed by atoms with E-state index in [1.807, 2.05) is 24.5 Å². The number of hydrogen-bond acceptors (Lipinski definition) is 5. The summed E-state index contributed by atoms with van der Waals surface area (Å²) < 4.78 is 13.7. The molecule has 2 aliphatic heterocycles. The molecule has 0 unspecified atom stereocenters. The van der Waals surface area contributed by atoms with Gasteiger partial charge in [0.2, 0.25) is 0 Å². The van der Waals surface area contributed by atoms with Crippen LogP contribution in [0.3, 0.4) is 0 Å². The Morgan fingerprint density at radius 1 is 1.25 bits per heavy atom. The molecule has 0 bridgehead atoms. The Kier molecular flexibility index (Phi) is 4.87. The van der Waals surface area contributed by atoms with Crippen molar-refractivity contribution in [2.45, 2.75) is 32.2 Å². The third-order valence-electron chi connectivity index (χ3n) is 4.86. The number of pyridine rings is 1. The number of hydrogen-bond donors (Lipinski definition) is 0. The molecule has 2 atom stereocenters. The van der Waals surface area contributed by atoms with E-state index in [1.165, 1.54) is 5.69 Å². The highest BCUT2D eigenvalue weighted by Gasteiger charge is 2.29. The van der Waals surface area contributed by atoms with Crippen molar-refractivity contribution in [1.82, 2.24) is 19.7 Å². The first kappa shape index (κ1) is 15.7. The van der Waals surface area contributed by atoms with Gasteiger partial charge in [-0.2, -0.15) is 5.10 Å². The summed E-state index contributed by atoms with van der Waals surface area (Å²) in [5.74, 6) is 0.434. The zero-order valence-corrected chi connectivity index (χ0v) is 13.9. The lowest BCUT2D eigenvalue weighted by Crippen LogP contribution is -2.38. The van der Waals surface area contributed by atoms with Crippen molar-refractivity contribution >= 4 is 0 Å². The molecular formula is C18H24N4O2. The average molecular weight is 328 g/mol. The summed E-state index contributed by atoms with van der Waals surface area (Å²) in [6.45, 7) is 5.97. The van der Waals surface area contributed by atoms with Crippen LogP contribution in [0.5, 0.6) is 0 Å². The van der Waals surface area contributed by atoms with Crippen molar-refractivity contribution in [2.24, 2.45) is 5.92 Å². The Balaban J connectivity index is 1.39. The Bertz CT molecular complexity index is 639. The van der Waals surface area contributed by atoms with Gasteiger partial charge in [-0.3, -0.25) is 14.6 Å². The van der Waals surface area contributed by atoms with Crippen LogP contribution >= 0.6 is 0 Å². The van der Waals surface area contributed by atoms with Crippen LogP contribution in [0.1, 0.15) is 17.7 Å². The molecule has 4 heterocycles. The minimum absolute atomic E-state index is 0.434. The molecule has 128 valence electrons. The van der Waals surface area contributed by atoms with Gasteiger partial charge in [0.25, 0.3) is 0 Å². The average Bonchev–Trinajstić information content (AvgIpc) is 3.25. The molecule has 0 N–H and O–H groups in total. The maximum absolute atomic E-state index is 5.98. The molecule has 1 fully saturated rings. The van der Waals surface area contributed by atoms with Crippen molar-refractivity contribution in [3.8, 4) is 0 Å². The van der Waals surface area contributed by atoms with Crippen LogP contribution in [0.4, 0.5) is 0 Å². The quantitative estimate of drug-likeness (QED) is 0.836. The van der Waals surface area contributed by atoms with E-state index in [1.54, 1.807) is 6.20 Å². The molecule has 6 heteroatoms. The van der Waals surface area contributed by atoms with Crippen LogP contribution in [0.15, 0.2) is 36.8 Å². The van der Waals surface area contributed by atoms with Gasteiger partial charge in [-0.15, -0.1) is 0 Å². The second-order valence-corrected chi connectivity index (χ2v) is 6.69. The Hall–Kier alpha value is -1.76. The summed E-state index contributed by atoms with van der Waals surface area (Å²) in [5, 5.41) is 4.49. The van der Waals surface area contributed by atoms with Crippen LogP contribution < -0.4 is 0 Å².